The SMILES string of the molecule is O=C1CC(N(C(=O)c2ccco2)C2CCCCCC2)C(=O)N1c1ccc(F)cc1. The second-order valence-electron chi connectivity index (χ2n) is 7.60. The molecule has 152 valence electrons. The Kier molecular flexibility index (Phi) is 5.47. The van der Waals surface area contributed by atoms with Gasteiger partial charge in [0, 0.05) is 6.04 Å². The topological polar surface area (TPSA) is 70.8 Å². The van der Waals surface area contributed by atoms with E-state index >= 15 is 0 Å². The maximum atomic E-state index is 13.3. The van der Waals surface area contributed by atoms with Gasteiger partial charge in [0.2, 0.25) is 5.91 Å². The molecule has 7 heteroatoms. The largest absolute Gasteiger partial charge is 0.459 e. The molecule has 2 heterocycles. The van der Waals surface area contributed by atoms with Gasteiger partial charge in [-0.05, 0) is 49.2 Å². The number of carbonyl (C=O) groups excluding carboxylic acids is 3. The summed E-state index contributed by atoms with van der Waals surface area (Å²) in [6.45, 7) is 0. The molecule has 1 saturated heterocycles. The van der Waals surface area contributed by atoms with Crippen LogP contribution in [0.5, 0.6) is 0 Å². The minimum Gasteiger partial charge on any atom is -0.459 e. The quantitative estimate of drug-likeness (QED) is 0.578. The molecule has 0 bridgehead atoms. The van der Waals surface area contributed by atoms with Gasteiger partial charge >= 0.3 is 0 Å². The van der Waals surface area contributed by atoms with Crippen molar-refractivity contribution in [3.8, 4) is 0 Å². The zero-order valence-corrected chi connectivity index (χ0v) is 16.1. The highest BCUT2D eigenvalue weighted by Gasteiger charge is 2.47. The van der Waals surface area contributed by atoms with Crippen LogP contribution >= 0.6 is 0 Å². The van der Waals surface area contributed by atoms with Gasteiger partial charge in [-0.2, -0.15) is 0 Å². The van der Waals surface area contributed by atoms with Crippen LogP contribution in [0, 0.1) is 5.82 Å². The van der Waals surface area contributed by atoms with Crippen molar-refractivity contribution < 1.29 is 23.2 Å². The number of carbonyl (C=O) groups is 3. The fraction of sp³-hybridized carbons (Fsp3) is 0.409. The number of amides is 3. The summed E-state index contributed by atoms with van der Waals surface area (Å²) < 4.78 is 18.6. The standard InChI is InChI=1S/C22H23FN2O4/c23-15-9-11-17(12-10-15)25-20(26)14-18(21(25)27)24(16-6-3-1-2-4-7-16)22(28)19-8-5-13-29-19/h5,8-13,16,18H,1-4,6-7,14H2. The Balaban J connectivity index is 1.66. The molecule has 2 aliphatic rings. The van der Waals surface area contributed by atoms with Gasteiger partial charge in [-0.25, -0.2) is 9.29 Å². The Bertz CT molecular complexity index is 886. The molecular weight excluding hydrogens is 375 g/mol. The molecule has 1 unspecified atom stereocenters. The lowest BCUT2D eigenvalue weighted by Gasteiger charge is -2.34. The molecule has 1 aliphatic carbocycles. The summed E-state index contributed by atoms with van der Waals surface area (Å²) in [4.78, 5) is 41.8. The Morgan fingerprint density at radius 1 is 1.03 bits per heavy atom. The second kappa shape index (κ2) is 8.19. The fourth-order valence-corrected chi connectivity index (χ4v) is 4.32. The Morgan fingerprint density at radius 2 is 1.72 bits per heavy atom. The lowest BCUT2D eigenvalue weighted by atomic mass is 10.0. The molecule has 1 aromatic carbocycles. The van der Waals surface area contributed by atoms with E-state index in [9.17, 15) is 18.8 Å². The van der Waals surface area contributed by atoms with Crippen molar-refractivity contribution in [3.63, 3.8) is 0 Å². The van der Waals surface area contributed by atoms with Crippen molar-refractivity contribution in [1.29, 1.82) is 0 Å². The van der Waals surface area contributed by atoms with Gasteiger partial charge in [0.15, 0.2) is 5.76 Å². The van der Waals surface area contributed by atoms with E-state index in [1.807, 2.05) is 0 Å². The fourth-order valence-electron chi connectivity index (χ4n) is 4.32. The molecule has 1 atom stereocenters. The van der Waals surface area contributed by atoms with Gasteiger partial charge in [-0.1, -0.05) is 25.7 Å². The van der Waals surface area contributed by atoms with E-state index in [4.69, 9.17) is 4.42 Å². The van der Waals surface area contributed by atoms with Gasteiger partial charge in [-0.15, -0.1) is 0 Å². The summed E-state index contributed by atoms with van der Waals surface area (Å²) in [5, 5.41) is 0. The highest BCUT2D eigenvalue weighted by atomic mass is 19.1. The number of hydrogen-bond donors (Lipinski definition) is 0. The van der Waals surface area contributed by atoms with Gasteiger partial charge in [-0.3, -0.25) is 14.4 Å². The van der Waals surface area contributed by atoms with E-state index in [-0.39, 0.29) is 24.1 Å². The van der Waals surface area contributed by atoms with E-state index in [2.05, 4.69) is 0 Å². The summed E-state index contributed by atoms with van der Waals surface area (Å²) >= 11 is 0. The van der Waals surface area contributed by atoms with E-state index in [0.717, 1.165) is 43.4 Å². The van der Waals surface area contributed by atoms with E-state index < -0.39 is 23.7 Å². The molecule has 1 aromatic heterocycles. The van der Waals surface area contributed by atoms with E-state index in [1.54, 1.807) is 17.0 Å². The lowest BCUT2D eigenvalue weighted by molar-refractivity contribution is -0.123. The first kappa shape index (κ1) is 19.4. The third-order valence-electron chi connectivity index (χ3n) is 5.73. The maximum Gasteiger partial charge on any atom is 0.290 e. The number of nitrogens with zero attached hydrogens (tertiary/aromatic N) is 2. The minimum atomic E-state index is -0.881. The first-order valence-corrected chi connectivity index (χ1v) is 10.0. The van der Waals surface area contributed by atoms with Gasteiger partial charge in [0.1, 0.15) is 11.9 Å². The first-order chi connectivity index (χ1) is 14.1. The molecule has 2 aromatic rings. The van der Waals surface area contributed by atoms with E-state index in [0.29, 0.717) is 5.69 Å². The molecule has 3 amide bonds. The molecular formula is C22H23FN2O4. The molecule has 0 spiro atoms. The lowest BCUT2D eigenvalue weighted by Crippen LogP contribution is -2.50. The summed E-state index contributed by atoms with van der Waals surface area (Å²) in [5.41, 5.74) is 0.315. The zero-order valence-electron chi connectivity index (χ0n) is 16.1. The molecule has 4 rings (SSSR count). The molecule has 29 heavy (non-hydrogen) atoms. The molecule has 2 fully saturated rings. The number of halogens is 1. The normalized spacial score (nSPS) is 20.7. The van der Waals surface area contributed by atoms with Crippen LogP contribution in [0.25, 0.3) is 0 Å². The van der Waals surface area contributed by atoms with Gasteiger partial charge in [0.05, 0.1) is 18.4 Å². The summed E-state index contributed by atoms with van der Waals surface area (Å²) in [5.74, 6) is -1.50. The van der Waals surface area contributed by atoms with Crippen LogP contribution in [-0.2, 0) is 9.59 Å². The number of benzene rings is 1. The van der Waals surface area contributed by atoms with Crippen LogP contribution in [-0.4, -0.2) is 34.7 Å². The maximum absolute atomic E-state index is 13.3. The van der Waals surface area contributed by atoms with Crippen LogP contribution in [0.15, 0.2) is 47.1 Å². The zero-order chi connectivity index (χ0) is 20.4. The van der Waals surface area contributed by atoms with Crippen LogP contribution in [0.3, 0.4) is 0 Å². The highest BCUT2D eigenvalue weighted by molar-refractivity contribution is 6.23. The Hall–Kier alpha value is -2.96. The van der Waals surface area contributed by atoms with Crippen molar-refractivity contribution in [3.05, 3.63) is 54.2 Å². The average molecular weight is 398 g/mol. The smallest absolute Gasteiger partial charge is 0.290 e. The number of rotatable bonds is 4. The molecule has 0 radical (unpaired) electrons. The first-order valence-electron chi connectivity index (χ1n) is 10.0. The number of furan rings is 1. The summed E-state index contributed by atoms with van der Waals surface area (Å²) in [7, 11) is 0. The van der Waals surface area contributed by atoms with Crippen LogP contribution in [0.4, 0.5) is 10.1 Å². The molecule has 1 aliphatic heterocycles. The van der Waals surface area contributed by atoms with Crippen LogP contribution in [0.1, 0.15) is 55.5 Å². The van der Waals surface area contributed by atoms with Crippen LogP contribution in [0.2, 0.25) is 0 Å². The molecule has 6 nitrogen and oxygen atoms in total. The summed E-state index contributed by atoms with van der Waals surface area (Å²) in [6.07, 6.45) is 7.06. The number of imide groups is 1. The van der Waals surface area contributed by atoms with Crippen molar-refractivity contribution in [2.24, 2.45) is 0 Å². The minimum absolute atomic E-state index is 0.0842. The monoisotopic (exact) mass is 398 g/mol. The average Bonchev–Trinajstić information content (AvgIpc) is 3.25. The Labute approximate surface area is 168 Å². The van der Waals surface area contributed by atoms with Gasteiger partial charge < -0.3 is 9.32 Å². The van der Waals surface area contributed by atoms with Crippen molar-refractivity contribution in [2.45, 2.75) is 57.0 Å². The van der Waals surface area contributed by atoms with Gasteiger partial charge in [0.25, 0.3) is 11.8 Å². The third kappa shape index (κ3) is 3.81. The second-order valence-corrected chi connectivity index (χ2v) is 7.60. The highest BCUT2D eigenvalue weighted by Crippen LogP contribution is 2.32. The number of anilines is 1. The summed E-state index contributed by atoms with van der Waals surface area (Å²) in [6, 6.07) is 7.42. The van der Waals surface area contributed by atoms with Crippen molar-refractivity contribution in [1.82, 2.24) is 4.90 Å². The molecule has 1 saturated carbocycles. The van der Waals surface area contributed by atoms with Crippen molar-refractivity contribution >= 4 is 23.4 Å². The molecule has 0 N–H and O–H groups in total. The number of hydrogen-bond acceptors (Lipinski definition) is 4. The Morgan fingerprint density at radius 3 is 2.34 bits per heavy atom. The third-order valence-corrected chi connectivity index (χ3v) is 5.73. The van der Waals surface area contributed by atoms with Crippen LogP contribution < -0.4 is 4.90 Å². The van der Waals surface area contributed by atoms with E-state index in [1.165, 1.54) is 30.5 Å². The predicted molar refractivity (Wildman–Crippen MR) is 104 cm³/mol. The van der Waals surface area contributed by atoms with Crippen molar-refractivity contribution in [2.75, 3.05) is 4.90 Å². The predicted octanol–water partition coefficient (Wildman–Crippen LogP) is 3.92.